The van der Waals surface area contributed by atoms with Crippen LogP contribution < -0.4 is 16.0 Å². The van der Waals surface area contributed by atoms with E-state index in [1.54, 1.807) is 0 Å². The van der Waals surface area contributed by atoms with Crippen LogP contribution in [0.4, 0.5) is 11.4 Å². The van der Waals surface area contributed by atoms with Crippen LogP contribution >= 0.6 is 0 Å². The number of carbonyl (C=O) groups is 1. The molecule has 3 N–H and O–H groups in total. The summed E-state index contributed by atoms with van der Waals surface area (Å²) in [6, 6.07) is 7.29. The highest BCUT2D eigenvalue weighted by atomic mass is 16.5. The third kappa shape index (κ3) is 4.44. The molecule has 0 saturated carbocycles. The summed E-state index contributed by atoms with van der Waals surface area (Å²) < 4.78 is 4.90. The normalized spacial score (nSPS) is 17.6. The molecule has 1 saturated heterocycles. The van der Waals surface area contributed by atoms with Crippen LogP contribution in [0.3, 0.4) is 0 Å². The van der Waals surface area contributed by atoms with E-state index in [0.717, 1.165) is 30.4 Å². The smallest absolute Gasteiger partial charge is 0.243 e. The summed E-state index contributed by atoms with van der Waals surface area (Å²) in [4.78, 5) is 14.3. The fraction of sp³-hybridized carbons (Fsp3) is 0.562. The topological polar surface area (TPSA) is 67.6 Å². The Labute approximate surface area is 126 Å². The Hall–Kier alpha value is -1.59. The molecule has 5 nitrogen and oxygen atoms in total. The van der Waals surface area contributed by atoms with E-state index in [0.29, 0.717) is 0 Å². The lowest BCUT2D eigenvalue weighted by Crippen LogP contribution is -2.39. The number of anilines is 2. The summed E-state index contributed by atoms with van der Waals surface area (Å²) in [5, 5.41) is 2.84. The molecule has 1 heterocycles. The van der Waals surface area contributed by atoms with Gasteiger partial charge in [-0.05, 0) is 37.0 Å². The number of amides is 1. The van der Waals surface area contributed by atoms with Crippen molar-refractivity contribution in [2.24, 2.45) is 11.7 Å². The molecule has 21 heavy (non-hydrogen) atoms. The molecule has 0 radical (unpaired) electrons. The number of benzene rings is 1. The number of nitrogens with one attached hydrogen (secondary N) is 1. The molecule has 1 aromatic carbocycles. The largest absolute Gasteiger partial charge is 0.383 e. The number of methoxy groups -OCH3 is 1. The molecule has 1 aliphatic heterocycles. The van der Waals surface area contributed by atoms with E-state index in [1.807, 2.05) is 18.2 Å². The van der Waals surface area contributed by atoms with Crippen molar-refractivity contribution in [2.75, 3.05) is 37.0 Å². The number of ether oxygens (including phenoxy) is 1. The molecule has 2 rings (SSSR count). The van der Waals surface area contributed by atoms with Gasteiger partial charge in [-0.2, -0.15) is 0 Å². The van der Waals surface area contributed by atoms with Crippen molar-refractivity contribution < 1.29 is 9.53 Å². The van der Waals surface area contributed by atoms with E-state index in [9.17, 15) is 4.79 Å². The minimum absolute atomic E-state index is 0.218. The summed E-state index contributed by atoms with van der Waals surface area (Å²) in [5.41, 5.74) is 7.66. The van der Waals surface area contributed by atoms with Gasteiger partial charge in [-0.15, -0.1) is 0 Å². The summed E-state index contributed by atoms with van der Waals surface area (Å²) in [6.45, 7) is 4.66. The quantitative estimate of drug-likeness (QED) is 0.868. The molecule has 1 unspecified atom stereocenters. The Morgan fingerprint density at radius 2 is 2.19 bits per heavy atom. The Bertz CT molecular complexity index is 470. The molecule has 1 aromatic rings. The van der Waals surface area contributed by atoms with Crippen LogP contribution in [0.25, 0.3) is 0 Å². The van der Waals surface area contributed by atoms with E-state index < -0.39 is 6.04 Å². The average Bonchev–Trinajstić information content (AvgIpc) is 2.48. The number of nitrogens with zero attached hydrogens (tertiary/aromatic N) is 1. The average molecular weight is 291 g/mol. The number of piperidine rings is 1. The summed E-state index contributed by atoms with van der Waals surface area (Å²) in [6.07, 6.45) is 2.44. The lowest BCUT2D eigenvalue weighted by atomic mass is 9.99. The standard InChI is InChI=1S/C16H25N3O2/c1-12-6-8-19(9-7-12)14-5-3-4-13(10-14)18-16(20)15(17)11-21-2/h3-5,10,12,15H,6-9,11,17H2,1-2H3,(H,18,20). The lowest BCUT2D eigenvalue weighted by molar-refractivity contribution is -0.118. The molecule has 0 bridgehead atoms. The van der Waals surface area contributed by atoms with Gasteiger partial charge < -0.3 is 20.7 Å². The van der Waals surface area contributed by atoms with Crippen LogP contribution in [0.2, 0.25) is 0 Å². The van der Waals surface area contributed by atoms with Gasteiger partial charge >= 0.3 is 0 Å². The minimum Gasteiger partial charge on any atom is -0.383 e. The zero-order valence-corrected chi connectivity index (χ0v) is 12.8. The first-order valence-electron chi connectivity index (χ1n) is 7.50. The third-order valence-electron chi connectivity index (χ3n) is 3.95. The van der Waals surface area contributed by atoms with Gasteiger partial charge in [-0.25, -0.2) is 0 Å². The van der Waals surface area contributed by atoms with Crippen molar-refractivity contribution in [3.63, 3.8) is 0 Å². The van der Waals surface area contributed by atoms with Gasteiger partial charge in [-0.3, -0.25) is 4.79 Å². The van der Waals surface area contributed by atoms with Gasteiger partial charge in [0.1, 0.15) is 6.04 Å². The van der Waals surface area contributed by atoms with Crippen molar-refractivity contribution >= 4 is 17.3 Å². The molecule has 1 aliphatic rings. The first kappa shape index (κ1) is 15.8. The molecular formula is C16H25N3O2. The summed E-state index contributed by atoms with van der Waals surface area (Å²) >= 11 is 0. The fourth-order valence-electron chi connectivity index (χ4n) is 2.54. The lowest BCUT2D eigenvalue weighted by Gasteiger charge is -2.32. The van der Waals surface area contributed by atoms with Crippen LogP contribution in [0.1, 0.15) is 19.8 Å². The summed E-state index contributed by atoms with van der Waals surface area (Å²) in [5.74, 6) is 0.581. The molecule has 1 atom stereocenters. The van der Waals surface area contributed by atoms with Crippen LogP contribution in [0, 0.1) is 5.92 Å². The summed E-state index contributed by atoms with van der Waals surface area (Å²) in [7, 11) is 1.53. The maximum absolute atomic E-state index is 11.9. The van der Waals surface area contributed by atoms with Gasteiger partial charge in [0, 0.05) is 31.6 Å². The Morgan fingerprint density at radius 3 is 2.86 bits per heavy atom. The molecule has 0 aromatic heterocycles. The van der Waals surface area contributed by atoms with Crippen molar-refractivity contribution in [3.8, 4) is 0 Å². The van der Waals surface area contributed by atoms with Gasteiger partial charge in [0.2, 0.25) is 5.91 Å². The van der Waals surface area contributed by atoms with Crippen LogP contribution in [0.5, 0.6) is 0 Å². The number of carbonyl (C=O) groups excluding carboxylic acids is 1. The predicted octanol–water partition coefficient (Wildman–Crippen LogP) is 1.84. The number of nitrogens with two attached hydrogens (primary N) is 1. The SMILES string of the molecule is COCC(N)C(=O)Nc1cccc(N2CCC(C)CC2)c1. The van der Waals surface area contributed by atoms with E-state index in [4.69, 9.17) is 10.5 Å². The first-order chi connectivity index (χ1) is 10.1. The highest BCUT2D eigenvalue weighted by molar-refractivity contribution is 5.95. The van der Waals surface area contributed by atoms with E-state index in [-0.39, 0.29) is 12.5 Å². The number of hydrogen-bond acceptors (Lipinski definition) is 4. The second kappa shape index (κ2) is 7.43. The zero-order valence-electron chi connectivity index (χ0n) is 12.8. The maximum atomic E-state index is 11.9. The van der Waals surface area contributed by atoms with E-state index in [1.165, 1.54) is 20.0 Å². The molecular weight excluding hydrogens is 266 g/mol. The zero-order chi connectivity index (χ0) is 15.2. The highest BCUT2D eigenvalue weighted by Crippen LogP contribution is 2.25. The molecule has 1 fully saturated rings. The van der Waals surface area contributed by atoms with Crippen molar-refractivity contribution in [1.29, 1.82) is 0 Å². The van der Waals surface area contributed by atoms with Crippen molar-refractivity contribution in [2.45, 2.75) is 25.8 Å². The molecule has 5 heteroatoms. The highest BCUT2D eigenvalue weighted by Gasteiger charge is 2.17. The number of rotatable bonds is 5. The van der Waals surface area contributed by atoms with E-state index in [2.05, 4.69) is 23.2 Å². The van der Waals surface area contributed by atoms with E-state index >= 15 is 0 Å². The second-order valence-electron chi connectivity index (χ2n) is 5.77. The number of hydrogen-bond donors (Lipinski definition) is 2. The predicted molar refractivity (Wildman–Crippen MR) is 85.5 cm³/mol. The monoisotopic (exact) mass is 291 g/mol. The van der Waals surface area contributed by atoms with Crippen molar-refractivity contribution in [1.82, 2.24) is 0 Å². The van der Waals surface area contributed by atoms with Gasteiger partial charge in [0.05, 0.1) is 6.61 Å². The fourth-order valence-corrected chi connectivity index (χ4v) is 2.54. The molecule has 1 amide bonds. The van der Waals surface area contributed by atoms with Gasteiger partial charge in [0.25, 0.3) is 0 Å². The molecule has 0 aliphatic carbocycles. The van der Waals surface area contributed by atoms with Crippen LogP contribution in [0.15, 0.2) is 24.3 Å². The minimum atomic E-state index is -0.644. The Morgan fingerprint density at radius 1 is 1.48 bits per heavy atom. The first-order valence-corrected chi connectivity index (χ1v) is 7.50. The van der Waals surface area contributed by atoms with Crippen LogP contribution in [-0.2, 0) is 9.53 Å². The Balaban J connectivity index is 1.99. The van der Waals surface area contributed by atoms with Gasteiger partial charge in [0.15, 0.2) is 0 Å². The van der Waals surface area contributed by atoms with Gasteiger partial charge in [-0.1, -0.05) is 13.0 Å². The third-order valence-corrected chi connectivity index (χ3v) is 3.95. The Kier molecular flexibility index (Phi) is 5.59. The molecule has 0 spiro atoms. The van der Waals surface area contributed by atoms with Crippen molar-refractivity contribution in [3.05, 3.63) is 24.3 Å². The maximum Gasteiger partial charge on any atom is 0.243 e. The second-order valence-corrected chi connectivity index (χ2v) is 5.77. The van der Waals surface area contributed by atoms with Crippen LogP contribution in [-0.4, -0.2) is 38.8 Å². The molecule has 116 valence electrons.